The number of hydrogen-bond donors (Lipinski definition) is 0. The number of amides is 1. The molecule has 1 unspecified atom stereocenters. The van der Waals surface area contributed by atoms with Crippen molar-refractivity contribution in [1.29, 1.82) is 0 Å². The Kier molecular flexibility index (Phi) is 7.45. The highest BCUT2D eigenvalue weighted by atomic mass is 32.2. The molecule has 3 heterocycles. The summed E-state index contributed by atoms with van der Waals surface area (Å²) in [6.07, 6.45) is 9.19. The minimum atomic E-state index is -2.98. The molecule has 1 aromatic carbocycles. The molecule has 0 saturated carbocycles. The summed E-state index contributed by atoms with van der Waals surface area (Å²) in [6.45, 7) is 6.55. The largest absolute Gasteiger partial charge is 0.372 e. The molecule has 4 rings (SSSR count). The maximum atomic E-state index is 12.8. The molecule has 2 aliphatic rings. The van der Waals surface area contributed by atoms with Crippen LogP contribution in [0.1, 0.15) is 60.7 Å². The van der Waals surface area contributed by atoms with Crippen LogP contribution in [0.2, 0.25) is 0 Å². The van der Waals surface area contributed by atoms with Gasteiger partial charge in [0, 0.05) is 49.7 Å². The highest BCUT2D eigenvalue weighted by Crippen LogP contribution is 2.27. The standard InChI is InChI=1S/C26H36N4O3S/c1-20-25(21(2)30(27-20)24-14-17-34(32,33)19-24)18-28(3)26(31)13-10-22-8-11-23(12-9-22)29-15-6-4-5-7-16-29/h8-13,24H,4-7,14-19H2,1-3H3. The van der Waals surface area contributed by atoms with Gasteiger partial charge in [-0.3, -0.25) is 9.48 Å². The van der Waals surface area contributed by atoms with Gasteiger partial charge in [0.25, 0.3) is 0 Å². The molecule has 2 saturated heterocycles. The monoisotopic (exact) mass is 484 g/mol. The van der Waals surface area contributed by atoms with Crippen LogP contribution < -0.4 is 4.90 Å². The lowest BCUT2D eigenvalue weighted by atomic mass is 10.1. The van der Waals surface area contributed by atoms with Crippen LogP contribution in [0.4, 0.5) is 5.69 Å². The van der Waals surface area contributed by atoms with Crippen LogP contribution in [-0.4, -0.2) is 60.6 Å². The Hall–Kier alpha value is -2.61. The van der Waals surface area contributed by atoms with Crippen LogP contribution >= 0.6 is 0 Å². The third kappa shape index (κ3) is 5.71. The fraction of sp³-hybridized carbons (Fsp3) is 0.538. The Morgan fingerprint density at radius 1 is 1.12 bits per heavy atom. The first-order chi connectivity index (χ1) is 16.2. The minimum absolute atomic E-state index is 0.0772. The number of anilines is 1. The summed E-state index contributed by atoms with van der Waals surface area (Å²) in [5, 5.41) is 4.61. The normalized spacial score (nSPS) is 20.6. The van der Waals surface area contributed by atoms with E-state index in [9.17, 15) is 13.2 Å². The van der Waals surface area contributed by atoms with Crippen molar-refractivity contribution in [2.24, 2.45) is 0 Å². The molecule has 34 heavy (non-hydrogen) atoms. The van der Waals surface area contributed by atoms with Gasteiger partial charge >= 0.3 is 0 Å². The van der Waals surface area contributed by atoms with Crippen LogP contribution in [0.5, 0.6) is 0 Å². The summed E-state index contributed by atoms with van der Waals surface area (Å²) in [7, 11) is -1.20. The van der Waals surface area contributed by atoms with E-state index in [1.807, 2.05) is 24.6 Å². The average molecular weight is 485 g/mol. The van der Waals surface area contributed by atoms with E-state index in [0.717, 1.165) is 35.6 Å². The van der Waals surface area contributed by atoms with Gasteiger partial charge in [0.05, 0.1) is 23.2 Å². The lowest BCUT2D eigenvalue weighted by Crippen LogP contribution is -2.25. The van der Waals surface area contributed by atoms with E-state index in [2.05, 4.69) is 34.3 Å². The summed E-state index contributed by atoms with van der Waals surface area (Å²) >= 11 is 0. The van der Waals surface area contributed by atoms with Gasteiger partial charge in [-0.15, -0.1) is 0 Å². The van der Waals surface area contributed by atoms with E-state index < -0.39 is 9.84 Å². The summed E-state index contributed by atoms with van der Waals surface area (Å²) in [5.41, 5.74) is 5.01. The van der Waals surface area contributed by atoms with E-state index in [1.54, 1.807) is 18.0 Å². The molecule has 0 aliphatic carbocycles. The van der Waals surface area contributed by atoms with Gasteiger partial charge in [-0.25, -0.2) is 8.42 Å². The molecule has 2 fully saturated rings. The number of benzene rings is 1. The Morgan fingerprint density at radius 2 is 1.79 bits per heavy atom. The van der Waals surface area contributed by atoms with Crippen molar-refractivity contribution in [1.82, 2.24) is 14.7 Å². The lowest BCUT2D eigenvalue weighted by Gasteiger charge is -2.22. The van der Waals surface area contributed by atoms with Gasteiger partial charge in [-0.1, -0.05) is 25.0 Å². The molecule has 0 spiro atoms. The second kappa shape index (κ2) is 10.3. The van der Waals surface area contributed by atoms with Gasteiger partial charge < -0.3 is 9.80 Å². The second-order valence-corrected chi connectivity index (χ2v) is 11.9. The molecule has 1 aromatic heterocycles. The number of aromatic nitrogens is 2. The molecule has 184 valence electrons. The maximum Gasteiger partial charge on any atom is 0.246 e. The number of hydrogen-bond acceptors (Lipinski definition) is 5. The molecular weight excluding hydrogens is 448 g/mol. The third-order valence-corrected chi connectivity index (χ3v) is 8.83. The Labute approximate surface area is 203 Å². The number of aryl methyl sites for hydroxylation is 1. The van der Waals surface area contributed by atoms with Crippen LogP contribution in [0.15, 0.2) is 30.3 Å². The van der Waals surface area contributed by atoms with Gasteiger partial charge in [-0.2, -0.15) is 5.10 Å². The van der Waals surface area contributed by atoms with Gasteiger partial charge in [0.1, 0.15) is 0 Å². The predicted octanol–water partition coefficient (Wildman–Crippen LogP) is 3.91. The van der Waals surface area contributed by atoms with Crippen molar-refractivity contribution in [3.05, 3.63) is 52.9 Å². The van der Waals surface area contributed by atoms with Gasteiger partial charge in [0.2, 0.25) is 5.91 Å². The van der Waals surface area contributed by atoms with Crippen molar-refractivity contribution in [2.45, 2.75) is 58.5 Å². The number of rotatable bonds is 6. The van der Waals surface area contributed by atoms with Crippen LogP contribution in [0, 0.1) is 13.8 Å². The zero-order valence-corrected chi connectivity index (χ0v) is 21.4. The molecule has 8 heteroatoms. The van der Waals surface area contributed by atoms with Crippen molar-refractivity contribution in [2.75, 3.05) is 36.5 Å². The smallest absolute Gasteiger partial charge is 0.246 e. The molecule has 7 nitrogen and oxygen atoms in total. The van der Waals surface area contributed by atoms with E-state index in [4.69, 9.17) is 0 Å². The summed E-state index contributed by atoms with van der Waals surface area (Å²) in [4.78, 5) is 16.9. The summed E-state index contributed by atoms with van der Waals surface area (Å²) < 4.78 is 25.6. The van der Waals surface area contributed by atoms with Crippen molar-refractivity contribution in [3.63, 3.8) is 0 Å². The van der Waals surface area contributed by atoms with E-state index >= 15 is 0 Å². The molecule has 0 N–H and O–H groups in total. The Balaban J connectivity index is 1.37. The summed E-state index contributed by atoms with van der Waals surface area (Å²) in [6, 6.07) is 8.30. The first-order valence-corrected chi connectivity index (χ1v) is 14.1. The molecule has 0 bridgehead atoms. The zero-order valence-electron chi connectivity index (χ0n) is 20.5. The van der Waals surface area contributed by atoms with Gasteiger partial charge in [0.15, 0.2) is 9.84 Å². The van der Waals surface area contributed by atoms with E-state index in [-0.39, 0.29) is 23.5 Å². The van der Waals surface area contributed by atoms with Crippen molar-refractivity contribution in [3.8, 4) is 0 Å². The molecular formula is C26H36N4O3S. The van der Waals surface area contributed by atoms with Gasteiger partial charge in [-0.05, 0) is 56.9 Å². The SMILES string of the molecule is Cc1nn(C2CCS(=O)(=O)C2)c(C)c1CN(C)C(=O)C=Cc1ccc(N2CCCCCC2)cc1. The fourth-order valence-electron chi connectivity index (χ4n) is 4.98. The highest BCUT2D eigenvalue weighted by molar-refractivity contribution is 7.91. The minimum Gasteiger partial charge on any atom is -0.372 e. The summed E-state index contributed by atoms with van der Waals surface area (Å²) in [5.74, 6) is 0.280. The number of nitrogens with zero attached hydrogens (tertiary/aromatic N) is 4. The van der Waals surface area contributed by atoms with Crippen LogP contribution in [0.3, 0.4) is 0 Å². The van der Waals surface area contributed by atoms with Crippen molar-refractivity contribution < 1.29 is 13.2 Å². The van der Waals surface area contributed by atoms with E-state index in [1.165, 1.54) is 31.4 Å². The van der Waals surface area contributed by atoms with Crippen LogP contribution in [-0.2, 0) is 21.2 Å². The third-order valence-electron chi connectivity index (χ3n) is 7.08. The number of sulfone groups is 1. The topological polar surface area (TPSA) is 75.5 Å². The zero-order chi connectivity index (χ0) is 24.3. The quantitative estimate of drug-likeness (QED) is 0.581. The lowest BCUT2D eigenvalue weighted by molar-refractivity contribution is -0.125. The molecule has 1 amide bonds. The first kappa shape index (κ1) is 24.5. The average Bonchev–Trinajstić information content (AvgIpc) is 3.16. The Bertz CT molecular complexity index is 1140. The van der Waals surface area contributed by atoms with E-state index in [0.29, 0.717) is 13.0 Å². The highest BCUT2D eigenvalue weighted by Gasteiger charge is 2.31. The molecule has 1 atom stereocenters. The molecule has 0 radical (unpaired) electrons. The Morgan fingerprint density at radius 3 is 2.41 bits per heavy atom. The van der Waals surface area contributed by atoms with Crippen LogP contribution in [0.25, 0.3) is 6.08 Å². The number of carbonyl (C=O) groups excluding carboxylic acids is 1. The van der Waals surface area contributed by atoms with Crippen molar-refractivity contribution >= 4 is 27.5 Å². The number of carbonyl (C=O) groups is 1. The second-order valence-electron chi connectivity index (χ2n) is 9.67. The molecule has 2 aliphatic heterocycles. The predicted molar refractivity (Wildman–Crippen MR) is 137 cm³/mol. The number of likely N-dealkylation sites (N-methyl/N-ethyl adjacent to an activating group) is 1. The first-order valence-electron chi connectivity index (χ1n) is 12.3. The molecule has 2 aromatic rings. The fourth-order valence-corrected chi connectivity index (χ4v) is 6.68. The maximum absolute atomic E-state index is 12.8.